The van der Waals surface area contributed by atoms with Gasteiger partial charge in [0.05, 0.1) is 4.92 Å². The molecular weight excluding hydrogens is 190 g/mol. The van der Waals surface area contributed by atoms with E-state index in [0.717, 1.165) is 5.57 Å². The van der Waals surface area contributed by atoms with Gasteiger partial charge in [-0.25, -0.2) is 0 Å². The maximum absolute atomic E-state index is 10.6. The molecule has 0 saturated heterocycles. The summed E-state index contributed by atoms with van der Waals surface area (Å²) < 4.78 is 0. The number of hydrogen-bond donors (Lipinski definition) is 0. The molecule has 0 aliphatic heterocycles. The van der Waals surface area contributed by atoms with Gasteiger partial charge in [0.2, 0.25) is 0 Å². The molecule has 0 radical (unpaired) electrons. The first-order valence-corrected chi connectivity index (χ1v) is 4.44. The number of nitro groups is 1. The van der Waals surface area contributed by atoms with Gasteiger partial charge in [0.15, 0.2) is 0 Å². The Hall–Kier alpha value is -2.08. The Bertz CT molecular complexity index is 463. The summed E-state index contributed by atoms with van der Waals surface area (Å²) in [6, 6.07) is 4.49. The largest absolute Gasteiger partial charge is 0.270 e. The van der Waals surface area contributed by atoms with Crippen molar-refractivity contribution in [2.45, 2.75) is 13.8 Å². The maximum Gasteiger partial charge on any atom is 0.270 e. The molecule has 0 atom stereocenters. The zero-order valence-corrected chi connectivity index (χ0v) is 8.65. The van der Waals surface area contributed by atoms with Gasteiger partial charge in [-0.1, -0.05) is 17.6 Å². The number of nitro benzene ring substituents is 1. The molecule has 0 bridgehead atoms. The van der Waals surface area contributed by atoms with Gasteiger partial charge < -0.3 is 0 Å². The third-order valence-corrected chi connectivity index (χ3v) is 1.85. The van der Waals surface area contributed by atoms with Crippen LogP contribution in [0, 0.1) is 22.5 Å². The first-order chi connectivity index (χ1) is 7.04. The van der Waals surface area contributed by atoms with Crippen molar-refractivity contribution in [3.05, 3.63) is 45.0 Å². The highest BCUT2D eigenvalue weighted by molar-refractivity contribution is 5.63. The van der Waals surface area contributed by atoms with Crippen molar-refractivity contribution in [1.82, 2.24) is 0 Å². The highest BCUT2D eigenvalue weighted by Crippen LogP contribution is 2.19. The monoisotopic (exact) mass is 201 g/mol. The zero-order valence-electron chi connectivity index (χ0n) is 8.65. The van der Waals surface area contributed by atoms with Crippen LogP contribution in [0.4, 0.5) is 5.69 Å². The Kier molecular flexibility index (Phi) is 3.25. The predicted octanol–water partition coefficient (Wildman–Crippen LogP) is 3.00. The van der Waals surface area contributed by atoms with Gasteiger partial charge in [-0.2, -0.15) is 0 Å². The van der Waals surface area contributed by atoms with Crippen molar-refractivity contribution in [2.24, 2.45) is 0 Å². The summed E-state index contributed by atoms with van der Waals surface area (Å²) in [6.07, 6.45) is 7.14. The minimum atomic E-state index is -0.428. The summed E-state index contributed by atoms with van der Waals surface area (Å²) in [7, 11) is 0. The van der Waals surface area contributed by atoms with E-state index in [1.807, 2.05) is 19.9 Å². The van der Waals surface area contributed by atoms with Crippen LogP contribution in [0.1, 0.15) is 25.0 Å². The Labute approximate surface area is 88.6 Å². The van der Waals surface area contributed by atoms with Crippen LogP contribution in [0.3, 0.4) is 0 Å². The number of terminal acetylenes is 1. The van der Waals surface area contributed by atoms with Crippen LogP contribution in [0.15, 0.2) is 23.8 Å². The number of allylic oxidation sites excluding steroid dienone is 1. The van der Waals surface area contributed by atoms with E-state index in [-0.39, 0.29) is 5.69 Å². The first kappa shape index (κ1) is 11.0. The molecule has 0 aliphatic carbocycles. The molecule has 1 aromatic carbocycles. The third-order valence-electron chi connectivity index (χ3n) is 1.85. The van der Waals surface area contributed by atoms with Gasteiger partial charge in [-0.3, -0.25) is 10.1 Å². The highest BCUT2D eigenvalue weighted by atomic mass is 16.6. The van der Waals surface area contributed by atoms with Gasteiger partial charge in [0, 0.05) is 17.7 Å². The first-order valence-electron chi connectivity index (χ1n) is 4.44. The van der Waals surface area contributed by atoms with Crippen molar-refractivity contribution in [1.29, 1.82) is 0 Å². The minimum Gasteiger partial charge on any atom is -0.258 e. The van der Waals surface area contributed by atoms with Gasteiger partial charge in [-0.05, 0) is 25.5 Å². The van der Waals surface area contributed by atoms with E-state index in [0.29, 0.717) is 11.1 Å². The molecule has 76 valence electrons. The summed E-state index contributed by atoms with van der Waals surface area (Å²) in [5, 5.41) is 10.6. The fourth-order valence-corrected chi connectivity index (χ4v) is 1.23. The van der Waals surface area contributed by atoms with Gasteiger partial charge in [0.1, 0.15) is 0 Å². The molecule has 0 unspecified atom stereocenters. The summed E-state index contributed by atoms with van der Waals surface area (Å²) >= 11 is 0. The van der Waals surface area contributed by atoms with Crippen LogP contribution in [-0.4, -0.2) is 4.92 Å². The highest BCUT2D eigenvalue weighted by Gasteiger charge is 2.07. The SMILES string of the molecule is C#Cc1ccc([N+](=O)[O-])cc1C=C(C)C. The molecule has 1 rings (SSSR count). The van der Waals surface area contributed by atoms with Crippen molar-refractivity contribution >= 4 is 11.8 Å². The quantitative estimate of drug-likeness (QED) is 0.419. The van der Waals surface area contributed by atoms with Gasteiger partial charge in [0.25, 0.3) is 5.69 Å². The van der Waals surface area contributed by atoms with E-state index in [1.165, 1.54) is 12.1 Å². The topological polar surface area (TPSA) is 43.1 Å². The molecule has 15 heavy (non-hydrogen) atoms. The molecule has 0 saturated carbocycles. The number of non-ortho nitro benzene ring substituents is 1. The average Bonchev–Trinajstić information content (AvgIpc) is 2.16. The smallest absolute Gasteiger partial charge is 0.258 e. The van der Waals surface area contributed by atoms with Crippen molar-refractivity contribution in [3.8, 4) is 12.3 Å². The number of hydrogen-bond acceptors (Lipinski definition) is 2. The van der Waals surface area contributed by atoms with Crippen LogP contribution in [0.2, 0.25) is 0 Å². The lowest BCUT2D eigenvalue weighted by molar-refractivity contribution is -0.384. The Morgan fingerprint density at radius 2 is 2.20 bits per heavy atom. The lowest BCUT2D eigenvalue weighted by Crippen LogP contribution is -1.90. The van der Waals surface area contributed by atoms with Crippen LogP contribution >= 0.6 is 0 Å². The molecule has 3 heteroatoms. The van der Waals surface area contributed by atoms with E-state index in [1.54, 1.807) is 6.07 Å². The van der Waals surface area contributed by atoms with E-state index in [9.17, 15) is 10.1 Å². The third kappa shape index (κ3) is 2.68. The second-order valence-electron chi connectivity index (χ2n) is 3.39. The van der Waals surface area contributed by atoms with Crippen LogP contribution in [-0.2, 0) is 0 Å². The second kappa shape index (κ2) is 4.43. The second-order valence-corrected chi connectivity index (χ2v) is 3.39. The molecule has 1 aromatic rings. The molecule has 0 amide bonds. The van der Waals surface area contributed by atoms with Gasteiger partial charge >= 0.3 is 0 Å². The van der Waals surface area contributed by atoms with E-state index < -0.39 is 4.92 Å². The van der Waals surface area contributed by atoms with Crippen molar-refractivity contribution < 1.29 is 4.92 Å². The normalized spacial score (nSPS) is 9.13. The molecule has 0 heterocycles. The molecule has 3 nitrogen and oxygen atoms in total. The maximum atomic E-state index is 10.6. The molecule has 0 N–H and O–H groups in total. The Morgan fingerprint density at radius 3 is 2.67 bits per heavy atom. The predicted molar refractivity (Wildman–Crippen MR) is 60.4 cm³/mol. The molecule has 0 aromatic heterocycles. The van der Waals surface area contributed by atoms with E-state index in [4.69, 9.17) is 6.42 Å². The summed E-state index contributed by atoms with van der Waals surface area (Å²) in [6.45, 7) is 3.83. The summed E-state index contributed by atoms with van der Waals surface area (Å²) in [5.74, 6) is 2.50. The lowest BCUT2D eigenvalue weighted by Gasteiger charge is -2.00. The zero-order chi connectivity index (χ0) is 11.4. The van der Waals surface area contributed by atoms with Crippen LogP contribution < -0.4 is 0 Å². The van der Waals surface area contributed by atoms with Gasteiger partial charge in [-0.15, -0.1) is 6.42 Å². The van der Waals surface area contributed by atoms with E-state index in [2.05, 4.69) is 5.92 Å². The summed E-state index contributed by atoms with van der Waals surface area (Å²) in [5.41, 5.74) is 2.49. The minimum absolute atomic E-state index is 0.0569. The van der Waals surface area contributed by atoms with Crippen LogP contribution in [0.5, 0.6) is 0 Å². The van der Waals surface area contributed by atoms with Crippen LogP contribution in [0.25, 0.3) is 6.08 Å². The lowest BCUT2D eigenvalue weighted by atomic mass is 10.1. The molecular formula is C12H11NO2. The van der Waals surface area contributed by atoms with Crippen molar-refractivity contribution in [2.75, 3.05) is 0 Å². The fraction of sp³-hybridized carbons (Fsp3) is 0.167. The fourth-order valence-electron chi connectivity index (χ4n) is 1.23. The summed E-state index contributed by atoms with van der Waals surface area (Å²) in [4.78, 5) is 10.1. The average molecular weight is 201 g/mol. The Balaban J connectivity index is 3.33. The van der Waals surface area contributed by atoms with Crippen molar-refractivity contribution in [3.63, 3.8) is 0 Å². The number of benzene rings is 1. The number of nitrogens with zero attached hydrogens (tertiary/aromatic N) is 1. The van der Waals surface area contributed by atoms with E-state index >= 15 is 0 Å². The molecule has 0 aliphatic rings. The molecule has 0 fully saturated rings. The Morgan fingerprint density at radius 1 is 1.53 bits per heavy atom. The standard InChI is InChI=1S/C12H11NO2/c1-4-10-5-6-12(13(14)15)8-11(10)7-9(2)3/h1,5-8H,2-3H3. The molecule has 0 spiro atoms. The number of rotatable bonds is 2.